The second kappa shape index (κ2) is 8.50. The summed E-state index contributed by atoms with van der Waals surface area (Å²) in [6, 6.07) is 21.3. The Balaban J connectivity index is 1.87. The molecule has 0 spiro atoms. The van der Waals surface area contributed by atoms with Gasteiger partial charge in [0.15, 0.2) is 0 Å². The van der Waals surface area contributed by atoms with Crippen LogP contribution in [0.1, 0.15) is 38.3 Å². The molecule has 2 aromatic rings. The summed E-state index contributed by atoms with van der Waals surface area (Å²) in [5.41, 5.74) is 2.57. The molecule has 26 heavy (non-hydrogen) atoms. The second-order valence-electron chi connectivity index (χ2n) is 7.72. The number of carbonyl (C=O) groups excluding carboxylic acids is 1. The molecule has 0 saturated carbocycles. The Hall–Kier alpha value is -2.13. The number of esters is 1. The molecular weight excluding hydrogens is 322 g/mol. The number of nitrogens with zero attached hydrogens (tertiary/aromatic N) is 1. The summed E-state index contributed by atoms with van der Waals surface area (Å²) in [6.45, 7) is 8.12. The Kier molecular flexibility index (Phi) is 6.10. The summed E-state index contributed by atoms with van der Waals surface area (Å²) >= 11 is 0. The van der Waals surface area contributed by atoms with Crippen molar-refractivity contribution < 1.29 is 9.53 Å². The third-order valence-corrected chi connectivity index (χ3v) is 5.20. The fraction of sp³-hybridized carbons (Fsp3) is 0.435. The predicted molar refractivity (Wildman–Crippen MR) is 104 cm³/mol. The van der Waals surface area contributed by atoms with Gasteiger partial charge in [-0.1, -0.05) is 81.4 Å². The molecule has 3 atom stereocenters. The van der Waals surface area contributed by atoms with Gasteiger partial charge < -0.3 is 4.74 Å². The van der Waals surface area contributed by atoms with Crippen LogP contribution < -0.4 is 0 Å². The van der Waals surface area contributed by atoms with Gasteiger partial charge in [-0.15, -0.1) is 0 Å². The first-order chi connectivity index (χ1) is 12.5. The van der Waals surface area contributed by atoms with Crippen LogP contribution in [0, 0.1) is 11.8 Å². The highest BCUT2D eigenvalue weighted by atomic mass is 16.6. The molecule has 0 unspecified atom stereocenters. The summed E-state index contributed by atoms with van der Waals surface area (Å²) in [7, 11) is 0. The Labute approximate surface area is 157 Å². The van der Waals surface area contributed by atoms with Gasteiger partial charge in [0.2, 0.25) is 0 Å². The summed E-state index contributed by atoms with van der Waals surface area (Å²) in [5, 5.41) is 0. The molecule has 1 saturated heterocycles. The lowest BCUT2D eigenvalue weighted by molar-refractivity contribution is -0.147. The first-order valence-electron chi connectivity index (χ1n) is 9.57. The van der Waals surface area contributed by atoms with Gasteiger partial charge in [-0.05, 0) is 23.5 Å². The zero-order valence-corrected chi connectivity index (χ0v) is 16.0. The number of rotatable bonds is 7. The molecule has 0 bridgehead atoms. The number of hydrogen-bond donors (Lipinski definition) is 0. The molecule has 0 amide bonds. The maximum absolute atomic E-state index is 12.0. The van der Waals surface area contributed by atoms with Crippen LogP contribution in [0.2, 0.25) is 0 Å². The van der Waals surface area contributed by atoms with Crippen molar-refractivity contribution >= 4 is 5.97 Å². The molecule has 1 heterocycles. The fourth-order valence-electron chi connectivity index (χ4n) is 3.96. The van der Waals surface area contributed by atoms with Gasteiger partial charge in [0.05, 0.1) is 5.92 Å². The molecule has 1 aliphatic heterocycles. The average Bonchev–Trinajstić information content (AvgIpc) is 2.95. The Morgan fingerprint density at radius 3 is 1.85 bits per heavy atom. The van der Waals surface area contributed by atoms with Crippen LogP contribution in [-0.4, -0.2) is 23.0 Å². The maximum Gasteiger partial charge on any atom is 0.309 e. The van der Waals surface area contributed by atoms with Gasteiger partial charge in [0.1, 0.15) is 6.10 Å². The molecule has 1 aliphatic rings. The maximum atomic E-state index is 12.0. The van der Waals surface area contributed by atoms with Crippen LogP contribution in [0.15, 0.2) is 60.7 Å². The molecule has 0 radical (unpaired) electrons. The van der Waals surface area contributed by atoms with E-state index in [9.17, 15) is 4.79 Å². The minimum atomic E-state index is -0.0555. The van der Waals surface area contributed by atoms with Crippen molar-refractivity contribution in [3.8, 4) is 0 Å². The van der Waals surface area contributed by atoms with Crippen LogP contribution in [0.25, 0.3) is 0 Å². The van der Waals surface area contributed by atoms with E-state index >= 15 is 0 Å². The van der Waals surface area contributed by atoms with Crippen LogP contribution in [0.3, 0.4) is 0 Å². The van der Waals surface area contributed by atoms with Crippen molar-refractivity contribution in [2.24, 2.45) is 11.8 Å². The zero-order chi connectivity index (χ0) is 18.5. The molecule has 3 rings (SSSR count). The Morgan fingerprint density at radius 1 is 0.962 bits per heavy atom. The van der Waals surface area contributed by atoms with Gasteiger partial charge in [0.25, 0.3) is 0 Å². The molecular formula is C23H29NO2. The highest BCUT2D eigenvalue weighted by Crippen LogP contribution is 2.31. The minimum Gasteiger partial charge on any atom is -0.460 e. The second-order valence-corrected chi connectivity index (χ2v) is 7.72. The highest BCUT2D eigenvalue weighted by Gasteiger charge is 2.40. The number of hydrogen-bond acceptors (Lipinski definition) is 3. The van der Waals surface area contributed by atoms with Crippen LogP contribution in [0.5, 0.6) is 0 Å². The van der Waals surface area contributed by atoms with Gasteiger partial charge in [-0.2, -0.15) is 0 Å². The Morgan fingerprint density at radius 2 is 1.46 bits per heavy atom. The van der Waals surface area contributed by atoms with E-state index in [1.807, 2.05) is 19.1 Å². The van der Waals surface area contributed by atoms with Gasteiger partial charge in [-0.25, -0.2) is 0 Å². The fourth-order valence-corrected chi connectivity index (χ4v) is 3.96. The third kappa shape index (κ3) is 4.53. The third-order valence-electron chi connectivity index (χ3n) is 5.20. The van der Waals surface area contributed by atoms with Crippen molar-refractivity contribution in [2.45, 2.75) is 52.4 Å². The highest BCUT2D eigenvalue weighted by molar-refractivity contribution is 5.74. The summed E-state index contributed by atoms with van der Waals surface area (Å²) < 4.78 is 5.77. The van der Waals surface area contributed by atoms with Crippen molar-refractivity contribution in [1.29, 1.82) is 0 Å². The van der Waals surface area contributed by atoms with Crippen LogP contribution >= 0.6 is 0 Å². The molecule has 1 fully saturated rings. The van der Waals surface area contributed by atoms with E-state index in [2.05, 4.69) is 67.3 Å². The number of cyclic esters (lactones) is 1. The lowest BCUT2D eigenvalue weighted by Gasteiger charge is -2.37. The first-order valence-corrected chi connectivity index (χ1v) is 9.57. The molecule has 2 aromatic carbocycles. The van der Waals surface area contributed by atoms with Crippen molar-refractivity contribution in [3.05, 3.63) is 71.8 Å². The summed E-state index contributed by atoms with van der Waals surface area (Å²) in [4.78, 5) is 14.5. The zero-order valence-electron chi connectivity index (χ0n) is 16.0. The normalized spacial score (nSPS) is 21.2. The van der Waals surface area contributed by atoms with E-state index in [-0.39, 0.29) is 24.0 Å². The summed E-state index contributed by atoms with van der Waals surface area (Å²) in [6.07, 6.45) is 0.770. The van der Waals surface area contributed by atoms with Gasteiger partial charge in [0, 0.05) is 19.1 Å². The van der Waals surface area contributed by atoms with E-state index in [1.54, 1.807) is 0 Å². The Bertz CT molecular complexity index is 657. The van der Waals surface area contributed by atoms with Gasteiger partial charge in [-0.3, -0.25) is 9.69 Å². The topological polar surface area (TPSA) is 29.5 Å². The molecule has 0 aliphatic carbocycles. The number of benzene rings is 2. The van der Waals surface area contributed by atoms with Crippen molar-refractivity contribution in [2.75, 3.05) is 0 Å². The van der Waals surface area contributed by atoms with Crippen LogP contribution in [0.4, 0.5) is 0 Å². The minimum absolute atomic E-state index is 0.00319. The first kappa shape index (κ1) is 18.7. The van der Waals surface area contributed by atoms with E-state index in [0.29, 0.717) is 5.92 Å². The molecule has 0 N–H and O–H groups in total. The van der Waals surface area contributed by atoms with E-state index in [0.717, 1.165) is 19.5 Å². The lowest BCUT2D eigenvalue weighted by atomic mass is 9.91. The SMILES string of the molecule is CC(C)[C@@H]([C@@H]1C[C@H](C)C(=O)O1)N(Cc1ccccc1)Cc1ccccc1. The number of carbonyl (C=O) groups is 1. The molecule has 3 heteroatoms. The quantitative estimate of drug-likeness (QED) is 0.679. The van der Waals surface area contributed by atoms with E-state index < -0.39 is 0 Å². The largest absolute Gasteiger partial charge is 0.460 e. The van der Waals surface area contributed by atoms with E-state index in [4.69, 9.17) is 4.74 Å². The molecule has 3 nitrogen and oxygen atoms in total. The van der Waals surface area contributed by atoms with E-state index in [1.165, 1.54) is 11.1 Å². The van der Waals surface area contributed by atoms with Crippen molar-refractivity contribution in [1.82, 2.24) is 4.90 Å². The summed E-state index contributed by atoms with van der Waals surface area (Å²) in [5.74, 6) is 0.335. The molecule has 138 valence electrons. The monoisotopic (exact) mass is 351 g/mol. The predicted octanol–water partition coefficient (Wildman–Crippen LogP) is 4.67. The number of ether oxygens (including phenoxy) is 1. The average molecular weight is 351 g/mol. The standard InChI is InChI=1S/C23H29NO2/c1-17(2)22(21-14-18(3)23(25)26-21)24(15-19-10-6-4-7-11-19)16-20-12-8-5-9-13-20/h4-13,17-18,21-22H,14-16H2,1-3H3/t18-,21-,22-/m0/s1. The smallest absolute Gasteiger partial charge is 0.309 e. The lowest BCUT2D eigenvalue weighted by Crippen LogP contribution is -2.46. The van der Waals surface area contributed by atoms with Gasteiger partial charge >= 0.3 is 5.97 Å². The van der Waals surface area contributed by atoms with Crippen LogP contribution in [-0.2, 0) is 22.6 Å². The van der Waals surface area contributed by atoms with Crippen molar-refractivity contribution in [3.63, 3.8) is 0 Å². The molecule has 0 aromatic heterocycles.